The van der Waals surface area contributed by atoms with Gasteiger partial charge in [0.15, 0.2) is 17.2 Å². The quantitative estimate of drug-likeness (QED) is 0.128. The van der Waals surface area contributed by atoms with Gasteiger partial charge >= 0.3 is 12.1 Å². The number of nitrogens with zero attached hydrogens (tertiary/aromatic N) is 2. The number of carbonyl (C=O) groups excluding carboxylic acids is 4. The zero-order valence-corrected chi connectivity index (χ0v) is 27.6. The molecule has 16 nitrogen and oxygen atoms in total. The first-order chi connectivity index (χ1) is 23.6. The normalized spacial score (nSPS) is 32.1. The second kappa shape index (κ2) is 14.9. The first-order valence-corrected chi connectivity index (χ1v) is 16.3. The number of hydrogen-bond donors (Lipinski definition) is 6. The van der Waals surface area contributed by atoms with Crippen LogP contribution >= 0.6 is 0 Å². The molecule has 1 aromatic carbocycles. The molecular formula is C33H42FN3O13. The van der Waals surface area contributed by atoms with Crippen LogP contribution in [0.2, 0.25) is 0 Å². The molecule has 5 rings (SSSR count). The molecule has 50 heavy (non-hydrogen) atoms. The van der Waals surface area contributed by atoms with Crippen molar-refractivity contribution in [3.8, 4) is 5.75 Å². The van der Waals surface area contributed by atoms with E-state index < -0.39 is 83.1 Å². The summed E-state index contributed by atoms with van der Waals surface area (Å²) in [4.78, 5) is 59.4. The minimum atomic E-state index is -2.00. The number of ether oxygens (including phenoxy) is 2. The highest BCUT2D eigenvalue weighted by Crippen LogP contribution is 2.68. The number of amides is 1. The summed E-state index contributed by atoms with van der Waals surface area (Å²) in [5.74, 6) is -2.69. The van der Waals surface area contributed by atoms with Gasteiger partial charge in [0.1, 0.15) is 31.6 Å². The lowest BCUT2D eigenvalue weighted by Gasteiger charge is -2.62. The first kappa shape index (κ1) is 37.6. The second-order valence-electron chi connectivity index (χ2n) is 13.7. The number of rotatable bonds is 13. The number of nitrogens with one attached hydrogen (secondary N) is 1. The number of ketones is 2. The number of halogens is 1. The van der Waals surface area contributed by atoms with Crippen LogP contribution in [0.15, 0.2) is 48.1 Å². The lowest BCUT2D eigenvalue weighted by atomic mass is 9.45. The van der Waals surface area contributed by atoms with Crippen molar-refractivity contribution in [2.45, 2.75) is 70.2 Å². The molecule has 0 heterocycles. The van der Waals surface area contributed by atoms with Gasteiger partial charge in [0.25, 0.3) is 0 Å². The fourth-order valence-corrected chi connectivity index (χ4v) is 8.74. The van der Waals surface area contributed by atoms with E-state index in [9.17, 15) is 24.3 Å². The van der Waals surface area contributed by atoms with E-state index in [2.05, 4.69) is 15.0 Å². The summed E-state index contributed by atoms with van der Waals surface area (Å²) in [6.45, 7) is 1.95. The van der Waals surface area contributed by atoms with E-state index in [1.807, 2.05) is 6.92 Å². The number of hydrogen-bond acceptors (Lipinski definition) is 15. The Morgan fingerprint density at radius 1 is 1.08 bits per heavy atom. The number of benzene rings is 1. The molecule has 0 aromatic heterocycles. The largest absolute Gasteiger partial charge is 0.456 e. The SMILES string of the molecule is C[C@]12C[C@H](O)C3(F)[C@@H](CCC4=CC(=O)C=C[C@@]43C)C1CCC2C(=O)COC(=O)CNC(=O)Oc1cccc(CC(CON(O)O)ON(O)O)c1. The summed E-state index contributed by atoms with van der Waals surface area (Å²) >= 11 is 0. The summed E-state index contributed by atoms with van der Waals surface area (Å²) in [5.41, 5.74) is -2.71. The van der Waals surface area contributed by atoms with Crippen LogP contribution in [0, 0.1) is 28.6 Å². The van der Waals surface area contributed by atoms with Crippen LogP contribution in [0.25, 0.3) is 0 Å². The number of aliphatic hydroxyl groups excluding tert-OH is 1. The molecule has 4 unspecified atom stereocenters. The second-order valence-corrected chi connectivity index (χ2v) is 13.7. The van der Waals surface area contributed by atoms with E-state index in [4.69, 9.17) is 30.3 Å². The van der Waals surface area contributed by atoms with E-state index in [1.165, 1.54) is 30.4 Å². The molecule has 0 spiro atoms. The highest BCUT2D eigenvalue weighted by Gasteiger charge is 2.70. The van der Waals surface area contributed by atoms with Crippen LogP contribution in [-0.4, -0.2) is 98.0 Å². The Morgan fingerprint density at radius 2 is 1.84 bits per heavy atom. The third-order valence-electron chi connectivity index (χ3n) is 11.0. The lowest BCUT2D eigenvalue weighted by Crippen LogP contribution is -2.66. The Labute approximate surface area is 286 Å². The van der Waals surface area contributed by atoms with Gasteiger partial charge in [-0.05, 0) is 80.2 Å². The van der Waals surface area contributed by atoms with Crippen molar-refractivity contribution in [1.29, 1.82) is 0 Å². The average Bonchev–Trinajstić information content (AvgIpc) is 3.38. The topological polar surface area (TPSA) is 225 Å². The maximum absolute atomic E-state index is 17.2. The maximum atomic E-state index is 17.2. The monoisotopic (exact) mass is 707 g/mol. The van der Waals surface area contributed by atoms with Crippen molar-refractivity contribution < 1.29 is 68.7 Å². The molecule has 274 valence electrons. The Kier molecular flexibility index (Phi) is 11.2. The predicted octanol–water partition coefficient (Wildman–Crippen LogP) is 2.81. The smallest absolute Gasteiger partial charge is 0.413 e. The van der Waals surface area contributed by atoms with Crippen LogP contribution in [0.4, 0.5) is 9.18 Å². The Bertz CT molecular complexity index is 1540. The van der Waals surface area contributed by atoms with Crippen molar-refractivity contribution in [1.82, 2.24) is 16.1 Å². The van der Waals surface area contributed by atoms with Gasteiger partial charge < -0.3 is 19.9 Å². The molecule has 4 aliphatic carbocycles. The first-order valence-electron chi connectivity index (χ1n) is 16.3. The molecule has 3 fully saturated rings. The number of aliphatic hydroxyl groups is 1. The molecule has 0 bridgehead atoms. The molecule has 0 aliphatic heterocycles. The molecule has 0 radical (unpaired) electrons. The highest BCUT2D eigenvalue weighted by molar-refractivity contribution is 6.01. The standard InChI is InChI=1S/C33H42FN3O13/c1-31-15-28(40)33(34)25(7-6-20-14-21(38)10-11-32(20,33)2)24(31)8-9-26(31)27(39)18-47-29(41)16-35-30(42)49-22-5-3-4-19(12-22)13-23(50-37(45)46)17-48-36(43)44/h3-5,10-12,14,23-26,28,40,43-46H,6-9,13,15-18H2,1-2H3,(H,35,42)/t23?,24?,25-,26?,28-,31-,32-,33?/m0/s1. The Hall–Kier alpha value is -3.65. The van der Waals surface area contributed by atoms with Gasteiger partial charge in [0.05, 0.1) is 16.9 Å². The molecule has 3 saturated carbocycles. The van der Waals surface area contributed by atoms with Crippen LogP contribution in [0.3, 0.4) is 0 Å². The van der Waals surface area contributed by atoms with Gasteiger partial charge in [-0.2, -0.15) is 0 Å². The zero-order valence-electron chi connectivity index (χ0n) is 27.6. The third kappa shape index (κ3) is 7.51. The Balaban J connectivity index is 1.11. The molecule has 8 atom stereocenters. The van der Waals surface area contributed by atoms with Crippen LogP contribution < -0.4 is 10.1 Å². The minimum Gasteiger partial charge on any atom is -0.456 e. The lowest BCUT2D eigenvalue weighted by molar-refractivity contribution is -0.526. The van der Waals surface area contributed by atoms with Crippen LogP contribution in [0.1, 0.15) is 51.5 Å². The summed E-state index contributed by atoms with van der Waals surface area (Å²) in [6.07, 6.45) is 2.90. The van der Waals surface area contributed by atoms with Gasteiger partial charge in [-0.15, -0.1) is 0 Å². The summed E-state index contributed by atoms with van der Waals surface area (Å²) in [6, 6.07) is 5.93. The predicted molar refractivity (Wildman–Crippen MR) is 164 cm³/mol. The van der Waals surface area contributed by atoms with Gasteiger partial charge in [-0.3, -0.25) is 35.2 Å². The van der Waals surface area contributed by atoms with E-state index in [0.29, 0.717) is 36.8 Å². The van der Waals surface area contributed by atoms with E-state index in [-0.39, 0.29) is 36.1 Å². The van der Waals surface area contributed by atoms with Gasteiger partial charge in [0, 0.05) is 23.7 Å². The highest BCUT2D eigenvalue weighted by atomic mass is 19.1. The van der Waals surface area contributed by atoms with Gasteiger partial charge in [-0.25, -0.2) is 18.9 Å². The van der Waals surface area contributed by atoms with Crippen molar-refractivity contribution in [3.63, 3.8) is 0 Å². The number of allylic oxidation sites excluding steroid dienone is 4. The number of fused-ring (bicyclic) bond motifs is 5. The van der Waals surface area contributed by atoms with Gasteiger partial charge in [0.2, 0.25) is 0 Å². The molecule has 1 aromatic rings. The maximum Gasteiger partial charge on any atom is 0.413 e. The summed E-state index contributed by atoms with van der Waals surface area (Å²) < 4.78 is 27.6. The van der Waals surface area contributed by atoms with E-state index in [1.54, 1.807) is 19.1 Å². The number of esters is 1. The molecule has 17 heteroatoms. The molecular weight excluding hydrogens is 665 g/mol. The average molecular weight is 708 g/mol. The number of carbonyl (C=O) groups is 4. The zero-order chi connectivity index (χ0) is 36.4. The summed E-state index contributed by atoms with van der Waals surface area (Å²) in [7, 11) is 0. The third-order valence-corrected chi connectivity index (χ3v) is 11.0. The van der Waals surface area contributed by atoms with Crippen molar-refractivity contribution in [3.05, 3.63) is 53.6 Å². The molecule has 0 saturated heterocycles. The number of Topliss-reactive ketones (excluding diaryl/α,β-unsaturated/α-hetero) is 1. The molecule has 6 N–H and O–H groups in total. The fraction of sp³-hybridized carbons (Fsp3) is 0.576. The molecule has 4 aliphatic rings. The van der Waals surface area contributed by atoms with E-state index in [0.717, 1.165) is 0 Å². The van der Waals surface area contributed by atoms with Crippen molar-refractivity contribution in [2.24, 2.45) is 28.6 Å². The Morgan fingerprint density at radius 3 is 2.56 bits per heavy atom. The van der Waals surface area contributed by atoms with Gasteiger partial charge in [-0.1, -0.05) is 30.7 Å². The van der Waals surface area contributed by atoms with E-state index >= 15 is 4.39 Å². The summed E-state index contributed by atoms with van der Waals surface area (Å²) in [5, 5.41) is 47.8. The number of alkyl halides is 1. The molecule has 1 amide bonds. The van der Waals surface area contributed by atoms with Crippen molar-refractivity contribution >= 4 is 23.6 Å². The van der Waals surface area contributed by atoms with Crippen molar-refractivity contribution in [2.75, 3.05) is 19.8 Å². The van der Waals surface area contributed by atoms with Crippen LogP contribution in [0.5, 0.6) is 5.75 Å². The van der Waals surface area contributed by atoms with Crippen LogP contribution in [-0.2, 0) is 35.2 Å². The minimum absolute atomic E-state index is 0.0426. The fourth-order valence-electron chi connectivity index (χ4n) is 8.74.